The highest BCUT2D eigenvalue weighted by Crippen LogP contribution is 2.35. The van der Waals surface area contributed by atoms with Gasteiger partial charge in [-0.15, -0.1) is 10.2 Å². The summed E-state index contributed by atoms with van der Waals surface area (Å²) in [7, 11) is 0. The van der Waals surface area contributed by atoms with Gasteiger partial charge in [0.25, 0.3) is 0 Å². The van der Waals surface area contributed by atoms with E-state index in [4.69, 9.17) is 0 Å². The van der Waals surface area contributed by atoms with Crippen molar-refractivity contribution in [3.8, 4) is 0 Å². The van der Waals surface area contributed by atoms with Crippen molar-refractivity contribution < 1.29 is 9.59 Å². The van der Waals surface area contributed by atoms with Gasteiger partial charge in [-0.05, 0) is 43.0 Å². The quantitative estimate of drug-likeness (QED) is 0.619. The number of nitrogens with zero attached hydrogens (tertiary/aromatic N) is 2. The molecular weight excluding hydrogens is 374 g/mol. The molecule has 0 bridgehead atoms. The molecule has 3 rings (SSSR count). The van der Waals surface area contributed by atoms with E-state index >= 15 is 0 Å². The van der Waals surface area contributed by atoms with E-state index in [2.05, 4.69) is 26.1 Å². The summed E-state index contributed by atoms with van der Waals surface area (Å²) >= 11 is 1.45. The third-order valence-electron chi connectivity index (χ3n) is 4.64. The Labute approximate surface area is 169 Å². The fourth-order valence-corrected chi connectivity index (χ4v) is 4.19. The van der Waals surface area contributed by atoms with Crippen LogP contribution < -0.4 is 16.0 Å². The molecule has 0 aliphatic heterocycles. The molecule has 1 saturated carbocycles. The lowest BCUT2D eigenvalue weighted by Gasteiger charge is -2.18. The van der Waals surface area contributed by atoms with Crippen LogP contribution in [0.5, 0.6) is 0 Å². The van der Waals surface area contributed by atoms with Crippen LogP contribution in [0.15, 0.2) is 24.3 Å². The van der Waals surface area contributed by atoms with Gasteiger partial charge in [0.2, 0.25) is 11.0 Å². The number of carbonyl (C=O) groups excluding carboxylic acids is 2. The Balaban J connectivity index is 1.49. The van der Waals surface area contributed by atoms with Gasteiger partial charge in [-0.25, -0.2) is 4.79 Å². The van der Waals surface area contributed by atoms with E-state index in [0.717, 1.165) is 17.8 Å². The van der Waals surface area contributed by atoms with E-state index in [1.165, 1.54) is 30.6 Å². The molecule has 0 unspecified atom stereocenters. The van der Waals surface area contributed by atoms with Crippen LogP contribution in [0.4, 0.5) is 21.3 Å². The average Bonchev–Trinajstić information content (AvgIpc) is 3.12. The summed E-state index contributed by atoms with van der Waals surface area (Å²) in [4.78, 5) is 24.0. The summed E-state index contributed by atoms with van der Waals surface area (Å²) < 4.78 is 0. The molecule has 0 atom stereocenters. The van der Waals surface area contributed by atoms with Gasteiger partial charge in [0.05, 0.1) is 0 Å². The number of hydrogen-bond acceptors (Lipinski definition) is 5. The number of amides is 3. The first kappa shape index (κ1) is 20.3. The van der Waals surface area contributed by atoms with Crippen LogP contribution in [0, 0.1) is 5.92 Å². The highest BCUT2D eigenvalue weighted by Gasteiger charge is 2.20. The van der Waals surface area contributed by atoms with Crippen molar-refractivity contribution in [1.82, 2.24) is 10.2 Å². The smallest absolute Gasteiger partial charge is 0.325 e. The normalized spacial score (nSPS) is 14.7. The van der Waals surface area contributed by atoms with E-state index in [1.54, 1.807) is 24.3 Å². The lowest BCUT2D eigenvalue weighted by molar-refractivity contribution is -0.116. The zero-order valence-corrected chi connectivity index (χ0v) is 17.1. The molecule has 0 spiro atoms. The van der Waals surface area contributed by atoms with E-state index in [1.807, 2.05) is 13.8 Å². The number of nitrogens with one attached hydrogen (secondary N) is 3. The number of urea groups is 1. The molecule has 150 valence electrons. The van der Waals surface area contributed by atoms with Crippen LogP contribution in [0.2, 0.25) is 0 Å². The Bertz CT molecular complexity index is 797. The van der Waals surface area contributed by atoms with Crippen LogP contribution in [0.3, 0.4) is 0 Å². The van der Waals surface area contributed by atoms with E-state index < -0.39 is 0 Å². The molecule has 28 heavy (non-hydrogen) atoms. The third kappa shape index (κ3) is 6.02. The zero-order chi connectivity index (χ0) is 19.9. The first-order valence-corrected chi connectivity index (χ1v) is 10.6. The van der Waals surface area contributed by atoms with Crippen molar-refractivity contribution in [2.45, 2.75) is 58.3 Å². The van der Waals surface area contributed by atoms with Gasteiger partial charge in [-0.3, -0.25) is 10.1 Å². The summed E-state index contributed by atoms with van der Waals surface area (Å²) in [5, 5.41) is 18.2. The van der Waals surface area contributed by atoms with E-state index in [9.17, 15) is 9.59 Å². The Morgan fingerprint density at radius 1 is 1.00 bits per heavy atom. The summed E-state index contributed by atoms with van der Waals surface area (Å²) in [5.41, 5.74) is 1.34. The Morgan fingerprint density at radius 3 is 2.29 bits per heavy atom. The van der Waals surface area contributed by atoms with Crippen molar-refractivity contribution >= 4 is 39.8 Å². The lowest BCUT2D eigenvalue weighted by atomic mass is 9.90. The van der Waals surface area contributed by atoms with Crippen LogP contribution in [0.1, 0.15) is 63.3 Å². The summed E-state index contributed by atoms with van der Waals surface area (Å²) in [5.74, 6) is 0.769. The van der Waals surface area contributed by atoms with Gasteiger partial charge in [0.15, 0.2) is 0 Å². The molecular formula is C20H27N5O2S. The van der Waals surface area contributed by atoms with Crippen molar-refractivity contribution in [2.24, 2.45) is 5.92 Å². The highest BCUT2D eigenvalue weighted by atomic mass is 32.1. The fourth-order valence-electron chi connectivity index (χ4n) is 3.28. The largest absolute Gasteiger partial charge is 0.326 e. The molecule has 1 fully saturated rings. The molecule has 1 aliphatic carbocycles. The number of rotatable bonds is 6. The molecule has 2 aromatic rings. The van der Waals surface area contributed by atoms with Gasteiger partial charge in [-0.1, -0.05) is 44.4 Å². The predicted molar refractivity (Wildman–Crippen MR) is 113 cm³/mol. The SMILES string of the molecule is CC(C)CC(=O)Nc1ccc(NC(=O)Nc2nnc(C3CCCCC3)s2)cc1. The molecule has 1 heterocycles. The maximum Gasteiger partial charge on any atom is 0.325 e. The minimum atomic E-state index is -0.358. The maximum atomic E-state index is 12.2. The molecule has 8 heteroatoms. The number of aromatic nitrogens is 2. The topological polar surface area (TPSA) is 96.0 Å². The van der Waals surface area contributed by atoms with Crippen LogP contribution >= 0.6 is 11.3 Å². The minimum absolute atomic E-state index is 0.0153. The predicted octanol–water partition coefficient (Wildman–Crippen LogP) is 5.21. The number of anilines is 3. The van der Waals surface area contributed by atoms with Gasteiger partial charge in [0.1, 0.15) is 5.01 Å². The third-order valence-corrected chi connectivity index (χ3v) is 5.64. The first-order chi connectivity index (χ1) is 13.5. The van der Waals surface area contributed by atoms with Gasteiger partial charge in [-0.2, -0.15) is 0 Å². The van der Waals surface area contributed by atoms with Crippen LogP contribution in [-0.2, 0) is 4.79 Å². The zero-order valence-electron chi connectivity index (χ0n) is 16.3. The van der Waals surface area contributed by atoms with Crippen molar-refractivity contribution in [1.29, 1.82) is 0 Å². The first-order valence-electron chi connectivity index (χ1n) is 9.81. The van der Waals surface area contributed by atoms with Gasteiger partial charge in [0, 0.05) is 23.7 Å². The second-order valence-electron chi connectivity index (χ2n) is 7.58. The molecule has 1 aromatic carbocycles. The average molecular weight is 402 g/mol. The van der Waals surface area contributed by atoms with Crippen molar-refractivity contribution in [2.75, 3.05) is 16.0 Å². The fraction of sp³-hybridized carbons (Fsp3) is 0.500. The van der Waals surface area contributed by atoms with Crippen molar-refractivity contribution in [3.05, 3.63) is 29.3 Å². The van der Waals surface area contributed by atoms with Gasteiger partial charge < -0.3 is 10.6 Å². The van der Waals surface area contributed by atoms with Crippen LogP contribution in [-0.4, -0.2) is 22.1 Å². The lowest BCUT2D eigenvalue weighted by Crippen LogP contribution is -2.19. The highest BCUT2D eigenvalue weighted by molar-refractivity contribution is 7.15. The molecule has 7 nitrogen and oxygen atoms in total. The van der Waals surface area contributed by atoms with E-state index in [-0.39, 0.29) is 11.9 Å². The Morgan fingerprint density at radius 2 is 1.64 bits per heavy atom. The summed E-state index contributed by atoms with van der Waals surface area (Å²) in [6.07, 6.45) is 6.56. The maximum absolute atomic E-state index is 12.2. The molecule has 0 radical (unpaired) electrons. The van der Waals surface area contributed by atoms with Gasteiger partial charge >= 0.3 is 6.03 Å². The number of benzene rings is 1. The molecule has 1 aliphatic rings. The van der Waals surface area contributed by atoms with Crippen molar-refractivity contribution in [3.63, 3.8) is 0 Å². The number of hydrogen-bond donors (Lipinski definition) is 3. The summed E-state index contributed by atoms with van der Waals surface area (Å²) in [6.45, 7) is 4.00. The standard InChI is InChI=1S/C20H27N5O2S/c1-13(2)12-17(26)21-15-8-10-16(11-9-15)22-19(27)23-20-25-24-18(28-20)14-6-4-3-5-7-14/h8-11,13-14H,3-7,12H2,1-2H3,(H,21,26)(H2,22,23,25,27). The second-order valence-corrected chi connectivity index (χ2v) is 8.59. The van der Waals surface area contributed by atoms with Crippen LogP contribution in [0.25, 0.3) is 0 Å². The van der Waals surface area contributed by atoms with E-state index in [0.29, 0.717) is 34.8 Å². The molecule has 1 aromatic heterocycles. The molecule has 3 N–H and O–H groups in total. The minimum Gasteiger partial charge on any atom is -0.326 e. The molecule has 0 saturated heterocycles. The Kier molecular flexibility index (Phi) is 6.97. The summed E-state index contributed by atoms with van der Waals surface area (Å²) in [6, 6.07) is 6.67. The number of carbonyl (C=O) groups is 2. The molecule has 3 amide bonds. The Hall–Kier alpha value is -2.48. The second kappa shape index (κ2) is 9.64. The monoisotopic (exact) mass is 401 g/mol.